The van der Waals surface area contributed by atoms with Crippen LogP contribution in [0.2, 0.25) is 0 Å². The van der Waals surface area contributed by atoms with Crippen molar-refractivity contribution in [2.24, 2.45) is 5.92 Å². The predicted molar refractivity (Wildman–Crippen MR) is 73.5 cm³/mol. The highest BCUT2D eigenvalue weighted by molar-refractivity contribution is 5.05. The second kappa shape index (κ2) is 5.43. The summed E-state index contributed by atoms with van der Waals surface area (Å²) < 4.78 is 2.11. The van der Waals surface area contributed by atoms with Crippen LogP contribution in [0.3, 0.4) is 0 Å². The largest absolute Gasteiger partial charge is 0.389 e. The molecule has 1 unspecified atom stereocenters. The maximum atomic E-state index is 10.6. The van der Waals surface area contributed by atoms with E-state index in [0.717, 1.165) is 12.1 Å². The van der Waals surface area contributed by atoms with Crippen molar-refractivity contribution in [3.63, 3.8) is 0 Å². The molecule has 1 fully saturated rings. The first kappa shape index (κ1) is 13.6. The Bertz CT molecular complexity index is 380. The van der Waals surface area contributed by atoms with E-state index in [-0.39, 0.29) is 5.92 Å². The van der Waals surface area contributed by atoms with Gasteiger partial charge in [-0.1, -0.05) is 33.6 Å². The highest BCUT2D eigenvalue weighted by atomic mass is 16.3. The molecule has 0 amide bonds. The lowest BCUT2D eigenvalue weighted by Crippen LogP contribution is -2.36. The number of hydrogen-bond donors (Lipinski definition) is 1. The van der Waals surface area contributed by atoms with E-state index in [0.29, 0.717) is 12.5 Å². The van der Waals surface area contributed by atoms with Gasteiger partial charge in [0.1, 0.15) is 0 Å². The predicted octanol–water partition coefficient (Wildman–Crippen LogP) is 3.34. The van der Waals surface area contributed by atoms with Gasteiger partial charge in [0, 0.05) is 12.6 Å². The van der Waals surface area contributed by atoms with Crippen molar-refractivity contribution in [2.45, 2.75) is 70.9 Å². The van der Waals surface area contributed by atoms with E-state index in [2.05, 4.69) is 35.9 Å². The van der Waals surface area contributed by atoms with Gasteiger partial charge < -0.3 is 5.11 Å². The third-order valence-corrected chi connectivity index (χ3v) is 4.54. The van der Waals surface area contributed by atoms with E-state index < -0.39 is 5.60 Å². The molecule has 1 aromatic rings. The first-order chi connectivity index (χ1) is 8.55. The zero-order chi connectivity index (χ0) is 13.2. The summed E-state index contributed by atoms with van der Waals surface area (Å²) in [5.74, 6) is 0.263. The first-order valence-corrected chi connectivity index (χ1v) is 7.31. The van der Waals surface area contributed by atoms with Crippen molar-refractivity contribution in [3.05, 3.63) is 18.0 Å². The van der Waals surface area contributed by atoms with Gasteiger partial charge >= 0.3 is 0 Å². The minimum atomic E-state index is -0.616. The Labute approximate surface area is 110 Å². The van der Waals surface area contributed by atoms with Crippen LogP contribution < -0.4 is 0 Å². The Hall–Kier alpha value is -0.830. The molecule has 3 nitrogen and oxygen atoms in total. The van der Waals surface area contributed by atoms with Crippen LogP contribution in [-0.2, 0) is 6.42 Å². The lowest BCUT2D eigenvalue weighted by Gasteiger charge is -2.30. The van der Waals surface area contributed by atoms with Gasteiger partial charge in [-0.25, -0.2) is 0 Å². The second-order valence-corrected chi connectivity index (χ2v) is 6.01. The van der Waals surface area contributed by atoms with Gasteiger partial charge in [-0.2, -0.15) is 5.10 Å². The third kappa shape index (κ3) is 2.77. The molecular weight excluding hydrogens is 224 g/mol. The Balaban J connectivity index is 2.05. The molecule has 1 atom stereocenters. The van der Waals surface area contributed by atoms with Crippen LogP contribution in [0, 0.1) is 5.92 Å². The lowest BCUT2D eigenvalue weighted by atomic mass is 9.84. The summed E-state index contributed by atoms with van der Waals surface area (Å²) in [4.78, 5) is 0. The Morgan fingerprint density at radius 2 is 2.11 bits per heavy atom. The monoisotopic (exact) mass is 250 g/mol. The Kier molecular flexibility index (Phi) is 4.10. The summed E-state index contributed by atoms with van der Waals surface area (Å²) in [7, 11) is 0. The fourth-order valence-corrected chi connectivity index (χ4v) is 2.89. The van der Waals surface area contributed by atoms with Gasteiger partial charge in [0.25, 0.3) is 0 Å². The van der Waals surface area contributed by atoms with Crippen molar-refractivity contribution in [3.8, 4) is 0 Å². The molecule has 102 valence electrons. The van der Waals surface area contributed by atoms with Gasteiger partial charge in [0.15, 0.2) is 0 Å². The SMILES string of the molecule is CCC(O)(Cc1ccn(C2CCCC2)n1)C(C)C. The van der Waals surface area contributed by atoms with Crippen LogP contribution in [0.1, 0.15) is 64.6 Å². The van der Waals surface area contributed by atoms with E-state index in [1.165, 1.54) is 25.7 Å². The van der Waals surface area contributed by atoms with Crippen LogP contribution in [0.25, 0.3) is 0 Å². The Morgan fingerprint density at radius 3 is 2.67 bits per heavy atom. The fourth-order valence-electron chi connectivity index (χ4n) is 2.89. The topological polar surface area (TPSA) is 38.0 Å². The number of aliphatic hydroxyl groups is 1. The fraction of sp³-hybridized carbons (Fsp3) is 0.800. The molecule has 0 saturated heterocycles. The molecule has 1 saturated carbocycles. The molecule has 0 spiro atoms. The van der Waals surface area contributed by atoms with Crippen LogP contribution in [0.15, 0.2) is 12.3 Å². The van der Waals surface area contributed by atoms with Crippen LogP contribution in [0.5, 0.6) is 0 Å². The molecule has 0 bridgehead atoms. The molecule has 0 aliphatic heterocycles. The van der Waals surface area contributed by atoms with Crippen molar-refractivity contribution >= 4 is 0 Å². The summed E-state index contributed by atoms with van der Waals surface area (Å²) in [6.07, 6.45) is 8.69. The summed E-state index contributed by atoms with van der Waals surface area (Å²) in [6.45, 7) is 6.21. The van der Waals surface area contributed by atoms with Crippen molar-refractivity contribution in [1.82, 2.24) is 9.78 Å². The maximum absolute atomic E-state index is 10.6. The molecule has 2 rings (SSSR count). The summed E-state index contributed by atoms with van der Waals surface area (Å²) >= 11 is 0. The molecular formula is C15H26N2O. The van der Waals surface area contributed by atoms with E-state index >= 15 is 0 Å². The van der Waals surface area contributed by atoms with E-state index in [1.54, 1.807) is 0 Å². The molecule has 1 aromatic heterocycles. The molecule has 1 heterocycles. The van der Waals surface area contributed by atoms with Crippen molar-refractivity contribution < 1.29 is 5.11 Å². The normalized spacial score (nSPS) is 20.5. The average Bonchev–Trinajstić information content (AvgIpc) is 2.97. The van der Waals surface area contributed by atoms with Crippen LogP contribution >= 0.6 is 0 Å². The van der Waals surface area contributed by atoms with E-state index in [4.69, 9.17) is 0 Å². The quantitative estimate of drug-likeness (QED) is 0.870. The number of rotatable bonds is 5. The molecule has 0 aromatic carbocycles. The standard InChI is InChI=1S/C15H26N2O/c1-4-15(18,12(2)3)11-13-9-10-17(16-13)14-7-5-6-8-14/h9-10,12,14,18H,4-8,11H2,1-3H3. The van der Waals surface area contributed by atoms with Gasteiger partial charge in [-0.15, -0.1) is 0 Å². The second-order valence-electron chi connectivity index (χ2n) is 6.01. The highest BCUT2D eigenvalue weighted by Crippen LogP contribution is 2.30. The smallest absolute Gasteiger partial charge is 0.0723 e. The summed E-state index contributed by atoms with van der Waals surface area (Å²) in [5, 5.41) is 15.2. The molecule has 1 aliphatic rings. The molecule has 1 N–H and O–H groups in total. The van der Waals surface area contributed by atoms with Crippen LogP contribution in [0.4, 0.5) is 0 Å². The van der Waals surface area contributed by atoms with Gasteiger partial charge in [-0.3, -0.25) is 4.68 Å². The zero-order valence-corrected chi connectivity index (χ0v) is 11.9. The number of hydrogen-bond acceptors (Lipinski definition) is 2. The van der Waals surface area contributed by atoms with Gasteiger partial charge in [0.2, 0.25) is 0 Å². The molecule has 1 aliphatic carbocycles. The van der Waals surface area contributed by atoms with E-state index in [9.17, 15) is 5.11 Å². The molecule has 3 heteroatoms. The van der Waals surface area contributed by atoms with Crippen molar-refractivity contribution in [2.75, 3.05) is 0 Å². The molecule has 0 radical (unpaired) electrons. The van der Waals surface area contributed by atoms with Crippen molar-refractivity contribution in [1.29, 1.82) is 0 Å². The summed E-state index contributed by atoms with van der Waals surface area (Å²) in [5.41, 5.74) is 0.412. The average molecular weight is 250 g/mol. The Morgan fingerprint density at radius 1 is 1.44 bits per heavy atom. The number of nitrogens with zero attached hydrogens (tertiary/aromatic N) is 2. The molecule has 18 heavy (non-hydrogen) atoms. The summed E-state index contributed by atoms with van der Waals surface area (Å²) in [6, 6.07) is 2.66. The lowest BCUT2D eigenvalue weighted by molar-refractivity contribution is -0.00925. The van der Waals surface area contributed by atoms with Gasteiger partial charge in [-0.05, 0) is 31.2 Å². The first-order valence-electron chi connectivity index (χ1n) is 7.31. The zero-order valence-electron chi connectivity index (χ0n) is 11.9. The third-order valence-electron chi connectivity index (χ3n) is 4.54. The van der Waals surface area contributed by atoms with E-state index in [1.807, 2.05) is 6.92 Å². The maximum Gasteiger partial charge on any atom is 0.0723 e. The van der Waals surface area contributed by atoms with Crippen LogP contribution in [-0.4, -0.2) is 20.5 Å². The van der Waals surface area contributed by atoms with Gasteiger partial charge in [0.05, 0.1) is 17.3 Å². The number of aromatic nitrogens is 2. The highest BCUT2D eigenvalue weighted by Gasteiger charge is 2.30. The minimum Gasteiger partial charge on any atom is -0.389 e. The minimum absolute atomic E-state index is 0.263.